The molecule has 1 aromatic rings. The van der Waals surface area contributed by atoms with Crippen LogP contribution in [0.1, 0.15) is 56.7 Å². The standard InChI is InChI=1S/C16H22F3N/c1-11(13-7-3-4-8-13)20-12(2)14-9-5-6-10-15(14)16(17,18)19/h5-6,9-13,20H,3-4,7-8H2,1-2H3. The van der Waals surface area contributed by atoms with E-state index < -0.39 is 11.7 Å². The number of halogens is 3. The first kappa shape index (κ1) is 15.4. The van der Waals surface area contributed by atoms with Crippen LogP contribution in [0.25, 0.3) is 0 Å². The van der Waals surface area contributed by atoms with Gasteiger partial charge in [-0.15, -0.1) is 0 Å². The molecule has 0 aliphatic heterocycles. The fraction of sp³-hybridized carbons (Fsp3) is 0.625. The lowest BCUT2D eigenvalue weighted by atomic mass is 9.96. The zero-order valence-electron chi connectivity index (χ0n) is 12.0. The molecule has 4 heteroatoms. The van der Waals surface area contributed by atoms with Gasteiger partial charge in [0.15, 0.2) is 0 Å². The van der Waals surface area contributed by atoms with Gasteiger partial charge in [0.05, 0.1) is 5.56 Å². The van der Waals surface area contributed by atoms with E-state index in [-0.39, 0.29) is 12.1 Å². The Bertz CT molecular complexity index is 436. The molecule has 0 spiro atoms. The van der Waals surface area contributed by atoms with Crippen LogP contribution in [0.4, 0.5) is 13.2 Å². The number of rotatable bonds is 4. The van der Waals surface area contributed by atoms with Gasteiger partial charge >= 0.3 is 6.18 Å². The van der Waals surface area contributed by atoms with Gasteiger partial charge in [-0.2, -0.15) is 13.2 Å². The highest BCUT2D eigenvalue weighted by Gasteiger charge is 2.34. The van der Waals surface area contributed by atoms with Crippen molar-refractivity contribution in [2.45, 2.75) is 57.8 Å². The van der Waals surface area contributed by atoms with Crippen molar-refractivity contribution >= 4 is 0 Å². The maximum atomic E-state index is 13.0. The summed E-state index contributed by atoms with van der Waals surface area (Å²) in [6.45, 7) is 3.90. The van der Waals surface area contributed by atoms with Crippen molar-refractivity contribution in [1.29, 1.82) is 0 Å². The molecule has 1 saturated carbocycles. The van der Waals surface area contributed by atoms with Gasteiger partial charge in [0.2, 0.25) is 0 Å². The van der Waals surface area contributed by atoms with Gasteiger partial charge in [-0.25, -0.2) is 0 Å². The summed E-state index contributed by atoms with van der Waals surface area (Å²) in [5.74, 6) is 0.593. The lowest BCUT2D eigenvalue weighted by molar-refractivity contribution is -0.138. The molecule has 112 valence electrons. The molecule has 2 atom stereocenters. The van der Waals surface area contributed by atoms with E-state index in [1.54, 1.807) is 12.1 Å². The van der Waals surface area contributed by atoms with Gasteiger partial charge in [0, 0.05) is 12.1 Å². The molecular formula is C16H22F3N. The number of benzene rings is 1. The first-order valence-corrected chi connectivity index (χ1v) is 7.31. The highest BCUT2D eigenvalue weighted by Crippen LogP contribution is 2.35. The van der Waals surface area contributed by atoms with Crippen LogP contribution in [0.5, 0.6) is 0 Å². The van der Waals surface area contributed by atoms with Crippen LogP contribution in [0.2, 0.25) is 0 Å². The van der Waals surface area contributed by atoms with Crippen LogP contribution in [0, 0.1) is 5.92 Å². The quantitative estimate of drug-likeness (QED) is 0.826. The molecule has 0 heterocycles. The second-order valence-electron chi connectivity index (χ2n) is 5.81. The van der Waals surface area contributed by atoms with Crippen LogP contribution in [-0.2, 0) is 6.18 Å². The Kier molecular flexibility index (Phi) is 4.74. The summed E-state index contributed by atoms with van der Waals surface area (Å²) in [6.07, 6.45) is 0.557. The molecule has 1 aliphatic rings. The van der Waals surface area contributed by atoms with Crippen molar-refractivity contribution in [3.63, 3.8) is 0 Å². The monoisotopic (exact) mass is 285 g/mol. The van der Waals surface area contributed by atoms with Crippen LogP contribution in [-0.4, -0.2) is 6.04 Å². The minimum absolute atomic E-state index is 0.258. The predicted molar refractivity (Wildman–Crippen MR) is 74.4 cm³/mol. The molecule has 1 aromatic carbocycles. The van der Waals surface area contributed by atoms with Crippen molar-refractivity contribution in [3.8, 4) is 0 Å². The van der Waals surface area contributed by atoms with Crippen LogP contribution in [0.3, 0.4) is 0 Å². The molecule has 1 nitrogen and oxygen atoms in total. The Hall–Kier alpha value is -1.03. The van der Waals surface area contributed by atoms with E-state index >= 15 is 0 Å². The first-order valence-electron chi connectivity index (χ1n) is 7.31. The van der Waals surface area contributed by atoms with E-state index in [2.05, 4.69) is 12.2 Å². The second-order valence-corrected chi connectivity index (χ2v) is 5.81. The van der Waals surface area contributed by atoms with Gasteiger partial charge in [-0.05, 0) is 44.2 Å². The summed E-state index contributed by atoms with van der Waals surface area (Å²) >= 11 is 0. The molecule has 0 amide bonds. The molecule has 2 rings (SSSR count). The molecule has 0 radical (unpaired) electrons. The van der Waals surface area contributed by atoms with E-state index in [1.165, 1.54) is 31.7 Å². The number of alkyl halides is 3. The summed E-state index contributed by atoms with van der Waals surface area (Å²) in [7, 11) is 0. The van der Waals surface area contributed by atoms with Crippen LogP contribution < -0.4 is 5.32 Å². The summed E-state index contributed by atoms with van der Waals surface area (Å²) in [4.78, 5) is 0. The predicted octanol–water partition coefficient (Wildman–Crippen LogP) is 4.93. The SMILES string of the molecule is CC(NC(C)C1CCCC1)c1ccccc1C(F)(F)F. The van der Waals surface area contributed by atoms with Crippen molar-refractivity contribution in [1.82, 2.24) is 5.32 Å². The molecular weight excluding hydrogens is 263 g/mol. The summed E-state index contributed by atoms with van der Waals surface area (Å²) in [5, 5.41) is 3.35. The Morgan fingerprint density at radius 2 is 1.70 bits per heavy atom. The third-order valence-corrected chi connectivity index (χ3v) is 4.35. The van der Waals surface area contributed by atoms with E-state index in [4.69, 9.17) is 0 Å². The molecule has 2 unspecified atom stereocenters. The summed E-state index contributed by atoms with van der Waals surface area (Å²) < 4.78 is 39.1. The second kappa shape index (κ2) is 6.17. The minimum atomic E-state index is -4.29. The van der Waals surface area contributed by atoms with Gasteiger partial charge in [-0.1, -0.05) is 31.0 Å². The molecule has 1 aliphatic carbocycles. The van der Waals surface area contributed by atoms with Gasteiger partial charge in [0.1, 0.15) is 0 Å². The fourth-order valence-electron chi connectivity index (χ4n) is 3.21. The summed E-state index contributed by atoms with van der Waals surface area (Å²) in [6, 6.07) is 5.81. The zero-order chi connectivity index (χ0) is 14.8. The van der Waals surface area contributed by atoms with Gasteiger partial charge < -0.3 is 5.32 Å². The highest BCUT2D eigenvalue weighted by molar-refractivity contribution is 5.32. The molecule has 0 saturated heterocycles. The topological polar surface area (TPSA) is 12.0 Å². The van der Waals surface area contributed by atoms with Crippen LogP contribution in [0.15, 0.2) is 24.3 Å². The summed E-state index contributed by atoms with van der Waals surface area (Å²) in [5.41, 5.74) is -0.191. The largest absolute Gasteiger partial charge is 0.416 e. The maximum Gasteiger partial charge on any atom is 0.416 e. The van der Waals surface area contributed by atoms with Gasteiger partial charge in [0.25, 0.3) is 0 Å². The average Bonchev–Trinajstić information content (AvgIpc) is 2.91. The zero-order valence-corrected chi connectivity index (χ0v) is 12.0. The number of hydrogen-bond donors (Lipinski definition) is 1. The molecule has 20 heavy (non-hydrogen) atoms. The lowest BCUT2D eigenvalue weighted by Crippen LogP contribution is -2.35. The Morgan fingerprint density at radius 1 is 1.10 bits per heavy atom. The Balaban J connectivity index is 2.10. The average molecular weight is 285 g/mol. The van der Waals surface area contributed by atoms with E-state index in [0.29, 0.717) is 11.5 Å². The van der Waals surface area contributed by atoms with Crippen molar-refractivity contribution in [2.24, 2.45) is 5.92 Å². The maximum absolute atomic E-state index is 13.0. The highest BCUT2D eigenvalue weighted by atomic mass is 19.4. The van der Waals surface area contributed by atoms with E-state index in [1.807, 2.05) is 6.92 Å². The number of nitrogens with one attached hydrogen (secondary N) is 1. The third kappa shape index (κ3) is 3.54. The molecule has 1 N–H and O–H groups in total. The fourth-order valence-corrected chi connectivity index (χ4v) is 3.21. The molecule has 1 fully saturated rings. The molecule has 0 aromatic heterocycles. The van der Waals surface area contributed by atoms with Gasteiger partial charge in [-0.3, -0.25) is 0 Å². The van der Waals surface area contributed by atoms with Crippen LogP contribution >= 0.6 is 0 Å². The van der Waals surface area contributed by atoms with Crippen molar-refractivity contribution in [2.75, 3.05) is 0 Å². The van der Waals surface area contributed by atoms with Crippen molar-refractivity contribution < 1.29 is 13.2 Å². The third-order valence-electron chi connectivity index (χ3n) is 4.35. The lowest BCUT2D eigenvalue weighted by Gasteiger charge is -2.26. The Morgan fingerprint density at radius 3 is 2.30 bits per heavy atom. The van der Waals surface area contributed by atoms with E-state index in [0.717, 1.165) is 6.07 Å². The van der Waals surface area contributed by atoms with Crippen molar-refractivity contribution in [3.05, 3.63) is 35.4 Å². The first-order chi connectivity index (χ1) is 9.39. The smallest absolute Gasteiger partial charge is 0.307 e. The normalized spacial score (nSPS) is 20.1. The molecule has 0 bridgehead atoms. The van der Waals surface area contributed by atoms with E-state index in [9.17, 15) is 13.2 Å². The Labute approximate surface area is 118 Å². The number of hydrogen-bond acceptors (Lipinski definition) is 1. The minimum Gasteiger partial charge on any atom is -0.307 e.